The zero-order chi connectivity index (χ0) is 11.6. The van der Waals surface area contributed by atoms with Gasteiger partial charge in [-0.2, -0.15) is 11.8 Å². The van der Waals surface area contributed by atoms with Crippen molar-refractivity contribution in [2.45, 2.75) is 12.2 Å². The van der Waals surface area contributed by atoms with Crippen LogP contribution in [0.25, 0.3) is 0 Å². The van der Waals surface area contributed by atoms with Crippen LogP contribution in [0.5, 0.6) is 0 Å². The largest absolute Gasteiger partial charge is 0.396 e. The zero-order valence-corrected chi connectivity index (χ0v) is 9.96. The van der Waals surface area contributed by atoms with Crippen molar-refractivity contribution >= 4 is 11.8 Å². The maximum Gasteiger partial charge on any atom is 0.104 e. The summed E-state index contributed by atoms with van der Waals surface area (Å²) >= 11 is 1.79. The fraction of sp³-hybridized carbons (Fsp3) is 0.385. The van der Waals surface area contributed by atoms with E-state index in [4.69, 9.17) is 10.2 Å². The molecule has 0 saturated heterocycles. The monoisotopic (exact) mass is 236 g/mol. The molecule has 0 radical (unpaired) electrons. The highest BCUT2D eigenvalue weighted by Crippen LogP contribution is 2.16. The lowest BCUT2D eigenvalue weighted by Gasteiger charge is -2.03. The molecule has 0 heterocycles. The summed E-state index contributed by atoms with van der Waals surface area (Å²) < 4.78 is 0. The molecule has 2 nitrogen and oxygen atoms in total. The molecule has 0 amide bonds. The lowest BCUT2D eigenvalue weighted by Crippen LogP contribution is -1.90. The van der Waals surface area contributed by atoms with Crippen molar-refractivity contribution in [2.24, 2.45) is 0 Å². The van der Waals surface area contributed by atoms with Gasteiger partial charge in [0.2, 0.25) is 0 Å². The van der Waals surface area contributed by atoms with E-state index in [-0.39, 0.29) is 13.2 Å². The van der Waals surface area contributed by atoms with Gasteiger partial charge in [0.05, 0.1) is 0 Å². The molecule has 0 unspecified atom stereocenters. The normalized spacial score (nSPS) is 9.62. The first kappa shape index (κ1) is 13.1. The Morgan fingerprint density at radius 2 is 2.00 bits per heavy atom. The summed E-state index contributed by atoms with van der Waals surface area (Å²) in [4.78, 5) is 0. The van der Waals surface area contributed by atoms with Crippen LogP contribution in [0.15, 0.2) is 24.3 Å². The van der Waals surface area contributed by atoms with Crippen LogP contribution in [0, 0.1) is 11.8 Å². The third-order valence-electron chi connectivity index (χ3n) is 2.02. The van der Waals surface area contributed by atoms with E-state index in [0.717, 1.165) is 23.5 Å². The molecule has 3 heteroatoms. The molecule has 0 aliphatic rings. The molecule has 0 bridgehead atoms. The maximum absolute atomic E-state index is 8.67. The van der Waals surface area contributed by atoms with E-state index < -0.39 is 0 Å². The number of thioether (sulfide) groups is 1. The Labute approximate surface area is 101 Å². The van der Waals surface area contributed by atoms with E-state index in [0.29, 0.717) is 0 Å². The molecule has 1 rings (SSSR count). The molecule has 1 aromatic carbocycles. The molecule has 0 aromatic heterocycles. The zero-order valence-electron chi connectivity index (χ0n) is 9.15. The van der Waals surface area contributed by atoms with Gasteiger partial charge in [-0.1, -0.05) is 30.0 Å². The Hall–Kier alpha value is -0.950. The lowest BCUT2D eigenvalue weighted by atomic mass is 10.1. The van der Waals surface area contributed by atoms with Gasteiger partial charge < -0.3 is 10.2 Å². The quantitative estimate of drug-likeness (QED) is 0.603. The van der Waals surface area contributed by atoms with E-state index in [2.05, 4.69) is 11.8 Å². The Morgan fingerprint density at radius 3 is 2.75 bits per heavy atom. The fourth-order valence-electron chi connectivity index (χ4n) is 1.25. The van der Waals surface area contributed by atoms with Gasteiger partial charge in [0, 0.05) is 17.9 Å². The van der Waals surface area contributed by atoms with E-state index in [1.165, 1.54) is 5.56 Å². The predicted octanol–water partition coefficient (Wildman–Crippen LogP) is 1.65. The molecule has 1 aromatic rings. The molecule has 0 aliphatic carbocycles. The van der Waals surface area contributed by atoms with Gasteiger partial charge >= 0.3 is 0 Å². The SMILES string of the molecule is OCC#Cc1ccccc1CSCCCO. The van der Waals surface area contributed by atoms with Crippen LogP contribution in [0.2, 0.25) is 0 Å². The van der Waals surface area contributed by atoms with Gasteiger partial charge in [0.15, 0.2) is 0 Å². The average Bonchev–Trinajstić information content (AvgIpc) is 2.33. The van der Waals surface area contributed by atoms with E-state index in [9.17, 15) is 0 Å². The number of hydrogen-bond donors (Lipinski definition) is 2. The van der Waals surface area contributed by atoms with Crippen molar-refractivity contribution in [3.8, 4) is 11.8 Å². The van der Waals surface area contributed by atoms with Gasteiger partial charge in [-0.15, -0.1) is 0 Å². The highest BCUT2D eigenvalue weighted by Gasteiger charge is 1.98. The first-order valence-corrected chi connectivity index (χ1v) is 6.40. The molecule has 0 saturated carbocycles. The van der Waals surface area contributed by atoms with E-state index in [1.54, 1.807) is 11.8 Å². The summed E-state index contributed by atoms with van der Waals surface area (Å²) in [5.74, 6) is 7.46. The topological polar surface area (TPSA) is 40.5 Å². The van der Waals surface area contributed by atoms with Gasteiger partial charge in [-0.05, 0) is 23.8 Å². The number of aliphatic hydroxyl groups is 2. The van der Waals surface area contributed by atoms with Crippen molar-refractivity contribution in [1.82, 2.24) is 0 Å². The summed E-state index contributed by atoms with van der Waals surface area (Å²) in [5.41, 5.74) is 2.17. The van der Waals surface area contributed by atoms with Crippen LogP contribution in [0.4, 0.5) is 0 Å². The van der Waals surface area contributed by atoms with Gasteiger partial charge in [0.25, 0.3) is 0 Å². The molecule has 16 heavy (non-hydrogen) atoms. The van der Waals surface area contributed by atoms with Crippen molar-refractivity contribution < 1.29 is 10.2 Å². The molecule has 0 atom stereocenters. The second kappa shape index (κ2) is 8.23. The maximum atomic E-state index is 8.67. The average molecular weight is 236 g/mol. The van der Waals surface area contributed by atoms with E-state index >= 15 is 0 Å². The van der Waals surface area contributed by atoms with Crippen LogP contribution in [-0.2, 0) is 5.75 Å². The summed E-state index contributed by atoms with van der Waals surface area (Å²) in [6.07, 6.45) is 0.829. The second-order valence-corrected chi connectivity index (χ2v) is 4.35. The molecule has 0 aliphatic heterocycles. The van der Waals surface area contributed by atoms with Crippen LogP contribution in [0.1, 0.15) is 17.5 Å². The number of rotatable bonds is 5. The molecular formula is C13H16O2S. The first-order valence-electron chi connectivity index (χ1n) is 5.24. The number of hydrogen-bond acceptors (Lipinski definition) is 3. The predicted molar refractivity (Wildman–Crippen MR) is 68.3 cm³/mol. The second-order valence-electron chi connectivity index (χ2n) is 3.25. The van der Waals surface area contributed by atoms with Crippen LogP contribution >= 0.6 is 11.8 Å². The smallest absolute Gasteiger partial charge is 0.104 e. The van der Waals surface area contributed by atoms with Crippen LogP contribution in [0.3, 0.4) is 0 Å². The van der Waals surface area contributed by atoms with Gasteiger partial charge in [-0.25, -0.2) is 0 Å². The Morgan fingerprint density at radius 1 is 1.19 bits per heavy atom. The minimum Gasteiger partial charge on any atom is -0.396 e. The Kier molecular flexibility index (Phi) is 6.75. The molecule has 2 N–H and O–H groups in total. The van der Waals surface area contributed by atoms with Crippen molar-refractivity contribution in [3.63, 3.8) is 0 Å². The Bertz CT molecular complexity index is 366. The summed E-state index contributed by atoms with van der Waals surface area (Å²) in [5, 5.41) is 17.3. The molecule has 0 spiro atoms. The van der Waals surface area contributed by atoms with Crippen molar-refractivity contribution in [1.29, 1.82) is 0 Å². The van der Waals surface area contributed by atoms with Crippen molar-refractivity contribution in [3.05, 3.63) is 35.4 Å². The summed E-state index contributed by atoms with van der Waals surface area (Å²) in [6, 6.07) is 7.95. The standard InChI is InChI=1S/C13H16O2S/c14-8-3-7-12-5-1-2-6-13(12)11-16-10-4-9-15/h1-2,5-6,14-15H,4,8-11H2. The fourth-order valence-corrected chi connectivity index (χ4v) is 2.20. The third kappa shape index (κ3) is 4.71. The number of aliphatic hydroxyl groups excluding tert-OH is 2. The highest BCUT2D eigenvalue weighted by atomic mass is 32.2. The van der Waals surface area contributed by atoms with Gasteiger partial charge in [0.1, 0.15) is 6.61 Å². The summed E-state index contributed by atoms with van der Waals surface area (Å²) in [6.45, 7) is 0.144. The highest BCUT2D eigenvalue weighted by molar-refractivity contribution is 7.98. The first-order chi connectivity index (χ1) is 7.88. The molecular weight excluding hydrogens is 220 g/mol. The number of benzene rings is 1. The van der Waals surface area contributed by atoms with Gasteiger partial charge in [-0.3, -0.25) is 0 Å². The minimum absolute atomic E-state index is 0.105. The third-order valence-corrected chi connectivity index (χ3v) is 3.12. The lowest BCUT2D eigenvalue weighted by molar-refractivity contribution is 0.296. The van der Waals surface area contributed by atoms with Crippen LogP contribution < -0.4 is 0 Å². The summed E-state index contributed by atoms with van der Waals surface area (Å²) in [7, 11) is 0. The van der Waals surface area contributed by atoms with E-state index in [1.807, 2.05) is 24.3 Å². The van der Waals surface area contributed by atoms with Crippen molar-refractivity contribution in [2.75, 3.05) is 19.0 Å². The Balaban J connectivity index is 2.57. The molecule has 0 fully saturated rings. The van der Waals surface area contributed by atoms with Crippen LogP contribution in [-0.4, -0.2) is 29.2 Å². The molecule has 86 valence electrons. The minimum atomic E-state index is -0.105.